The molecule has 1 aliphatic heterocycles. The van der Waals surface area contributed by atoms with Crippen molar-refractivity contribution < 1.29 is 14.4 Å². The number of hydrogen-bond acceptors (Lipinski definition) is 4. The minimum absolute atomic E-state index is 0.0375. The first-order valence-corrected chi connectivity index (χ1v) is 11.6. The highest BCUT2D eigenvalue weighted by Crippen LogP contribution is 2.29. The molecule has 0 saturated heterocycles. The van der Waals surface area contributed by atoms with Crippen molar-refractivity contribution >= 4 is 46.5 Å². The van der Waals surface area contributed by atoms with Gasteiger partial charge in [-0.1, -0.05) is 18.2 Å². The molecule has 168 valence electrons. The van der Waals surface area contributed by atoms with Crippen LogP contribution in [0.25, 0.3) is 0 Å². The van der Waals surface area contributed by atoms with Crippen molar-refractivity contribution in [3.8, 4) is 0 Å². The van der Waals surface area contributed by atoms with Crippen molar-refractivity contribution in [2.24, 2.45) is 0 Å². The third kappa shape index (κ3) is 5.43. The van der Waals surface area contributed by atoms with Crippen LogP contribution in [0.3, 0.4) is 0 Å². The highest BCUT2D eigenvalue weighted by atomic mass is 32.2. The number of benzene rings is 3. The lowest BCUT2D eigenvalue weighted by Crippen LogP contribution is -2.28. The number of thioether (sulfide) groups is 1. The zero-order valence-corrected chi connectivity index (χ0v) is 19.3. The van der Waals surface area contributed by atoms with Crippen molar-refractivity contribution in [2.75, 3.05) is 22.1 Å². The highest BCUT2D eigenvalue weighted by molar-refractivity contribution is 8.00. The van der Waals surface area contributed by atoms with Crippen molar-refractivity contribution in [1.82, 2.24) is 0 Å². The van der Waals surface area contributed by atoms with E-state index in [-0.39, 0.29) is 23.0 Å². The van der Waals surface area contributed by atoms with Gasteiger partial charge in [0.05, 0.1) is 5.25 Å². The summed E-state index contributed by atoms with van der Waals surface area (Å²) in [5.41, 5.74) is 4.11. The Hall–Kier alpha value is -3.58. The standard InChI is InChI=1S/C26H25N3O3S/c1-17(33-23-13-11-21(12-14-23)27-18(2)30)25(31)28-22-9-7-20(8-10-22)26(32)29-16-15-19-5-3-4-6-24(19)29/h3-14,17H,15-16H2,1-2H3,(H,27,30)(H,28,31). The van der Waals surface area contributed by atoms with Gasteiger partial charge >= 0.3 is 0 Å². The normalized spacial score (nSPS) is 13.2. The number of para-hydroxylation sites is 1. The second-order valence-corrected chi connectivity index (χ2v) is 9.28. The van der Waals surface area contributed by atoms with Crippen molar-refractivity contribution in [1.29, 1.82) is 0 Å². The van der Waals surface area contributed by atoms with Crippen LogP contribution in [-0.2, 0) is 16.0 Å². The smallest absolute Gasteiger partial charge is 0.258 e. The molecule has 0 bridgehead atoms. The van der Waals surface area contributed by atoms with Crippen LogP contribution in [0.5, 0.6) is 0 Å². The summed E-state index contributed by atoms with van der Waals surface area (Å²) in [6, 6.07) is 22.3. The molecule has 33 heavy (non-hydrogen) atoms. The molecule has 1 atom stereocenters. The summed E-state index contributed by atoms with van der Waals surface area (Å²) in [5.74, 6) is -0.288. The lowest BCUT2D eigenvalue weighted by atomic mass is 10.1. The number of carbonyl (C=O) groups is 3. The largest absolute Gasteiger partial charge is 0.326 e. The molecule has 0 fully saturated rings. The molecular formula is C26H25N3O3S. The van der Waals surface area contributed by atoms with Gasteiger partial charge in [0, 0.05) is 41.0 Å². The SMILES string of the molecule is CC(=O)Nc1ccc(SC(C)C(=O)Nc2ccc(C(=O)N3CCc4ccccc43)cc2)cc1. The Bertz CT molecular complexity index is 1180. The Morgan fingerprint density at radius 1 is 0.879 bits per heavy atom. The fourth-order valence-corrected chi connectivity index (χ4v) is 4.59. The summed E-state index contributed by atoms with van der Waals surface area (Å²) in [7, 11) is 0. The number of nitrogens with one attached hydrogen (secondary N) is 2. The van der Waals surface area contributed by atoms with Crippen LogP contribution in [0.2, 0.25) is 0 Å². The fraction of sp³-hybridized carbons (Fsp3) is 0.192. The van der Waals surface area contributed by atoms with Gasteiger partial charge in [-0.2, -0.15) is 0 Å². The molecule has 1 heterocycles. The van der Waals surface area contributed by atoms with Gasteiger partial charge < -0.3 is 15.5 Å². The number of anilines is 3. The van der Waals surface area contributed by atoms with Crippen LogP contribution >= 0.6 is 11.8 Å². The van der Waals surface area contributed by atoms with Gasteiger partial charge in [-0.15, -0.1) is 11.8 Å². The molecule has 0 radical (unpaired) electrons. The molecule has 2 N–H and O–H groups in total. The number of rotatable bonds is 6. The fourth-order valence-electron chi connectivity index (χ4n) is 3.72. The van der Waals surface area contributed by atoms with Crippen molar-refractivity contribution in [3.63, 3.8) is 0 Å². The Balaban J connectivity index is 1.34. The quantitative estimate of drug-likeness (QED) is 0.511. The maximum Gasteiger partial charge on any atom is 0.258 e. The van der Waals surface area contributed by atoms with E-state index in [9.17, 15) is 14.4 Å². The molecule has 0 aromatic heterocycles. The third-order valence-electron chi connectivity index (χ3n) is 5.39. The third-order valence-corrected chi connectivity index (χ3v) is 6.50. The first-order valence-electron chi connectivity index (χ1n) is 10.8. The van der Waals surface area contributed by atoms with E-state index in [1.807, 2.05) is 49.4 Å². The Kier molecular flexibility index (Phi) is 6.79. The van der Waals surface area contributed by atoms with Gasteiger partial charge in [0.15, 0.2) is 0 Å². The van der Waals surface area contributed by atoms with Gasteiger partial charge in [-0.25, -0.2) is 0 Å². The van der Waals surface area contributed by atoms with E-state index >= 15 is 0 Å². The summed E-state index contributed by atoms with van der Waals surface area (Å²) in [4.78, 5) is 39.4. The van der Waals surface area contributed by atoms with Crippen LogP contribution < -0.4 is 15.5 Å². The molecule has 3 amide bonds. The van der Waals surface area contributed by atoms with Crippen LogP contribution in [-0.4, -0.2) is 29.5 Å². The Morgan fingerprint density at radius 2 is 1.52 bits per heavy atom. The average Bonchev–Trinajstić information content (AvgIpc) is 3.24. The monoisotopic (exact) mass is 459 g/mol. The predicted molar refractivity (Wildman–Crippen MR) is 133 cm³/mol. The molecule has 0 aliphatic carbocycles. The second-order valence-electron chi connectivity index (χ2n) is 7.87. The summed E-state index contributed by atoms with van der Waals surface area (Å²) >= 11 is 1.43. The molecule has 3 aromatic rings. The van der Waals surface area contributed by atoms with E-state index in [0.29, 0.717) is 17.8 Å². The van der Waals surface area contributed by atoms with Gasteiger partial charge in [-0.3, -0.25) is 14.4 Å². The Morgan fingerprint density at radius 3 is 2.21 bits per heavy atom. The summed E-state index contributed by atoms with van der Waals surface area (Å²) < 4.78 is 0. The maximum atomic E-state index is 12.9. The molecule has 3 aromatic carbocycles. The number of amides is 3. The van der Waals surface area contributed by atoms with E-state index in [1.54, 1.807) is 29.2 Å². The molecule has 6 nitrogen and oxygen atoms in total. The Labute approximate surface area is 197 Å². The van der Waals surface area contributed by atoms with E-state index in [4.69, 9.17) is 0 Å². The minimum Gasteiger partial charge on any atom is -0.326 e. The first-order chi connectivity index (χ1) is 15.9. The van der Waals surface area contributed by atoms with Crippen molar-refractivity contribution in [3.05, 3.63) is 83.9 Å². The average molecular weight is 460 g/mol. The molecule has 1 unspecified atom stereocenters. The number of carbonyl (C=O) groups excluding carboxylic acids is 3. The van der Waals surface area contributed by atoms with Crippen LogP contribution in [0.4, 0.5) is 17.1 Å². The zero-order chi connectivity index (χ0) is 23.4. The number of nitrogens with zero attached hydrogens (tertiary/aromatic N) is 1. The number of fused-ring (bicyclic) bond motifs is 1. The van der Waals surface area contributed by atoms with Crippen LogP contribution in [0.15, 0.2) is 77.7 Å². The van der Waals surface area contributed by atoms with Gasteiger partial charge in [-0.05, 0) is 73.5 Å². The predicted octanol–water partition coefficient (Wildman–Crippen LogP) is 4.97. The topological polar surface area (TPSA) is 78.5 Å². The highest BCUT2D eigenvalue weighted by Gasteiger charge is 2.25. The van der Waals surface area contributed by atoms with Crippen LogP contribution in [0.1, 0.15) is 29.8 Å². The van der Waals surface area contributed by atoms with Gasteiger partial charge in [0.25, 0.3) is 5.91 Å². The molecule has 0 saturated carbocycles. The number of hydrogen-bond donors (Lipinski definition) is 2. The summed E-state index contributed by atoms with van der Waals surface area (Å²) in [6.45, 7) is 3.98. The minimum atomic E-state index is -0.320. The zero-order valence-electron chi connectivity index (χ0n) is 18.5. The molecular weight excluding hydrogens is 434 g/mol. The van der Waals surface area contributed by atoms with Gasteiger partial charge in [0.2, 0.25) is 11.8 Å². The second kappa shape index (κ2) is 9.92. The molecule has 4 rings (SSSR count). The lowest BCUT2D eigenvalue weighted by molar-refractivity contribution is -0.115. The van der Waals surface area contributed by atoms with E-state index < -0.39 is 0 Å². The molecule has 7 heteroatoms. The van der Waals surface area contributed by atoms with Gasteiger partial charge in [0.1, 0.15) is 0 Å². The molecule has 1 aliphatic rings. The van der Waals surface area contributed by atoms with Crippen LogP contribution in [0, 0.1) is 0 Å². The van der Waals surface area contributed by atoms with E-state index in [1.165, 1.54) is 24.2 Å². The summed E-state index contributed by atoms with van der Waals surface area (Å²) in [5, 5.41) is 5.31. The van der Waals surface area contributed by atoms with E-state index in [0.717, 1.165) is 22.7 Å². The van der Waals surface area contributed by atoms with Crippen molar-refractivity contribution in [2.45, 2.75) is 30.4 Å². The lowest BCUT2D eigenvalue weighted by Gasteiger charge is -2.18. The first kappa shape index (κ1) is 22.6. The molecule has 0 spiro atoms. The maximum absolute atomic E-state index is 12.9. The van der Waals surface area contributed by atoms with E-state index in [2.05, 4.69) is 16.7 Å². The summed E-state index contributed by atoms with van der Waals surface area (Å²) in [6.07, 6.45) is 0.863.